The van der Waals surface area contributed by atoms with Gasteiger partial charge in [0.15, 0.2) is 0 Å². The van der Waals surface area contributed by atoms with Crippen molar-refractivity contribution >= 4 is 15.7 Å². The maximum atomic E-state index is 13.0. The van der Waals surface area contributed by atoms with Gasteiger partial charge in [-0.25, -0.2) is 8.42 Å². The monoisotopic (exact) mass is 385 g/mol. The van der Waals surface area contributed by atoms with E-state index < -0.39 is 20.5 Å². The number of benzene rings is 1. The van der Waals surface area contributed by atoms with E-state index in [4.69, 9.17) is 0 Å². The average Bonchev–Trinajstić information content (AvgIpc) is 3.47. The Kier molecular flexibility index (Phi) is 5.65. The number of halogens is 2. The zero-order chi connectivity index (χ0) is 18.9. The van der Waals surface area contributed by atoms with E-state index in [0.29, 0.717) is 5.56 Å². The molecule has 144 valence electrons. The Hall–Kier alpha value is -1.50. The Morgan fingerprint density at radius 2 is 1.54 bits per heavy atom. The average molecular weight is 385 g/mol. The van der Waals surface area contributed by atoms with Gasteiger partial charge in [-0.2, -0.15) is 8.78 Å². The molecule has 0 heterocycles. The molecule has 0 atom stereocenters. The third-order valence-corrected chi connectivity index (χ3v) is 7.02. The Morgan fingerprint density at radius 1 is 1.04 bits per heavy atom. The van der Waals surface area contributed by atoms with Gasteiger partial charge in [0.2, 0.25) is 9.84 Å². The van der Waals surface area contributed by atoms with E-state index in [-0.39, 0.29) is 18.0 Å². The molecule has 0 saturated heterocycles. The predicted octanol–water partition coefficient (Wildman–Crippen LogP) is 4.26. The van der Waals surface area contributed by atoms with Gasteiger partial charge in [-0.1, -0.05) is 13.3 Å². The van der Waals surface area contributed by atoms with Crippen molar-refractivity contribution in [1.82, 2.24) is 4.90 Å². The largest absolute Gasteiger partial charge is 0.341 e. The summed E-state index contributed by atoms with van der Waals surface area (Å²) in [6.45, 7) is 2.20. The Bertz CT molecular complexity index is 737. The van der Waals surface area contributed by atoms with Crippen molar-refractivity contribution in [3.8, 4) is 0 Å². The van der Waals surface area contributed by atoms with E-state index in [1.54, 1.807) is 0 Å². The van der Waals surface area contributed by atoms with Crippen LogP contribution in [-0.4, -0.2) is 37.1 Å². The van der Waals surface area contributed by atoms with E-state index in [0.717, 1.165) is 56.6 Å². The maximum Gasteiger partial charge on any atom is 0.341 e. The van der Waals surface area contributed by atoms with Gasteiger partial charge in [-0.15, -0.1) is 0 Å². The smallest absolute Gasteiger partial charge is 0.333 e. The van der Waals surface area contributed by atoms with Crippen LogP contribution in [0.1, 0.15) is 62.2 Å². The molecule has 0 spiro atoms. The zero-order valence-electron chi connectivity index (χ0n) is 14.9. The van der Waals surface area contributed by atoms with Crippen molar-refractivity contribution in [3.63, 3.8) is 0 Å². The van der Waals surface area contributed by atoms with Crippen molar-refractivity contribution in [2.24, 2.45) is 5.92 Å². The molecule has 26 heavy (non-hydrogen) atoms. The van der Waals surface area contributed by atoms with Crippen LogP contribution in [0.4, 0.5) is 8.78 Å². The Labute approximate surface area is 153 Å². The lowest BCUT2D eigenvalue weighted by molar-refractivity contribution is 0.0587. The quantitative estimate of drug-likeness (QED) is 0.735. The summed E-state index contributed by atoms with van der Waals surface area (Å²) in [5.74, 6) is -2.84. The third kappa shape index (κ3) is 3.92. The Balaban J connectivity index is 1.76. The molecular weight excluding hydrogens is 360 g/mol. The van der Waals surface area contributed by atoms with Crippen LogP contribution < -0.4 is 0 Å². The summed E-state index contributed by atoms with van der Waals surface area (Å²) in [4.78, 5) is 14.5. The van der Waals surface area contributed by atoms with Gasteiger partial charge in [-0.3, -0.25) is 4.79 Å². The van der Waals surface area contributed by atoms with E-state index >= 15 is 0 Å². The van der Waals surface area contributed by atoms with E-state index in [1.165, 1.54) is 18.6 Å². The minimum atomic E-state index is -4.63. The highest BCUT2D eigenvalue weighted by atomic mass is 32.2. The molecule has 3 rings (SSSR count). The number of hydrogen-bond donors (Lipinski definition) is 0. The highest BCUT2D eigenvalue weighted by Gasteiger charge is 2.39. The topological polar surface area (TPSA) is 54.5 Å². The van der Waals surface area contributed by atoms with Gasteiger partial charge < -0.3 is 4.90 Å². The van der Waals surface area contributed by atoms with Crippen LogP contribution in [0.15, 0.2) is 29.2 Å². The second kappa shape index (κ2) is 7.62. The molecule has 2 aliphatic rings. The van der Waals surface area contributed by atoms with Gasteiger partial charge in [0, 0.05) is 17.6 Å². The SMILES string of the molecule is CCC1CCC(N(C(=O)c2ccc(S(=O)(=O)C(F)F)cc2)C2CC2)CC1. The maximum absolute atomic E-state index is 13.0. The fraction of sp³-hybridized carbons (Fsp3) is 0.632. The summed E-state index contributed by atoms with van der Waals surface area (Å²) in [7, 11) is -4.63. The van der Waals surface area contributed by atoms with Crippen LogP contribution in [0.2, 0.25) is 0 Å². The lowest BCUT2D eigenvalue weighted by Gasteiger charge is -2.37. The fourth-order valence-corrected chi connectivity index (χ4v) is 4.57. The molecular formula is C19H25F2NO3S. The van der Waals surface area contributed by atoms with E-state index in [1.807, 2.05) is 4.90 Å². The van der Waals surface area contributed by atoms with Gasteiger partial charge in [0.25, 0.3) is 5.91 Å². The summed E-state index contributed by atoms with van der Waals surface area (Å²) in [6.07, 6.45) is 7.42. The first kappa shape index (κ1) is 19.3. The second-order valence-electron chi connectivity index (χ2n) is 7.36. The van der Waals surface area contributed by atoms with Crippen LogP contribution in [-0.2, 0) is 9.84 Å². The number of carbonyl (C=O) groups excluding carboxylic acids is 1. The van der Waals surface area contributed by atoms with Crippen molar-refractivity contribution < 1.29 is 22.0 Å². The predicted molar refractivity (Wildman–Crippen MR) is 94.9 cm³/mol. The zero-order valence-corrected chi connectivity index (χ0v) is 15.7. The van der Waals surface area contributed by atoms with Crippen LogP contribution in [0.5, 0.6) is 0 Å². The highest BCUT2D eigenvalue weighted by molar-refractivity contribution is 7.91. The minimum Gasteiger partial charge on any atom is -0.333 e. The first-order chi connectivity index (χ1) is 12.3. The number of nitrogens with zero attached hydrogens (tertiary/aromatic N) is 1. The van der Waals surface area contributed by atoms with Crippen molar-refractivity contribution in [2.75, 3.05) is 0 Å². The first-order valence-electron chi connectivity index (χ1n) is 9.29. The second-order valence-corrected chi connectivity index (χ2v) is 9.27. The molecule has 0 bridgehead atoms. The summed E-state index contributed by atoms with van der Waals surface area (Å²) >= 11 is 0. The van der Waals surface area contributed by atoms with Crippen molar-refractivity contribution in [2.45, 2.75) is 74.6 Å². The summed E-state index contributed by atoms with van der Waals surface area (Å²) in [5.41, 5.74) is 0.364. The van der Waals surface area contributed by atoms with Gasteiger partial charge in [0.05, 0.1) is 4.90 Å². The lowest BCUT2D eigenvalue weighted by Crippen LogP contribution is -2.43. The fourth-order valence-electron chi connectivity index (χ4n) is 3.85. The molecule has 0 N–H and O–H groups in total. The Morgan fingerprint density at radius 3 is 1.96 bits per heavy atom. The molecule has 4 nitrogen and oxygen atoms in total. The molecule has 1 aromatic carbocycles. The minimum absolute atomic E-state index is 0.117. The summed E-state index contributed by atoms with van der Waals surface area (Å²) < 4.78 is 48.3. The summed E-state index contributed by atoms with van der Waals surface area (Å²) in [5, 5.41) is 0. The highest BCUT2D eigenvalue weighted by Crippen LogP contribution is 2.37. The molecule has 0 unspecified atom stereocenters. The molecule has 0 aromatic heterocycles. The van der Waals surface area contributed by atoms with E-state index in [9.17, 15) is 22.0 Å². The number of carbonyl (C=O) groups is 1. The van der Waals surface area contributed by atoms with Gasteiger partial charge in [0.1, 0.15) is 0 Å². The molecule has 1 amide bonds. The number of amides is 1. The molecule has 2 fully saturated rings. The molecule has 0 aliphatic heterocycles. The molecule has 0 radical (unpaired) electrons. The van der Waals surface area contributed by atoms with E-state index in [2.05, 4.69) is 6.92 Å². The van der Waals surface area contributed by atoms with Crippen molar-refractivity contribution in [3.05, 3.63) is 29.8 Å². The standard InChI is InChI=1S/C19H25F2NO3S/c1-2-13-3-7-15(8-4-13)22(16-9-10-16)18(23)14-5-11-17(12-6-14)26(24,25)19(20)21/h5-6,11-13,15-16,19H,2-4,7-10H2,1H3. The molecule has 2 aliphatic carbocycles. The van der Waals surface area contributed by atoms with Crippen LogP contribution in [0.25, 0.3) is 0 Å². The van der Waals surface area contributed by atoms with Gasteiger partial charge >= 0.3 is 5.76 Å². The normalized spacial score (nSPS) is 23.8. The number of rotatable bonds is 6. The lowest BCUT2D eigenvalue weighted by atomic mass is 9.83. The number of hydrogen-bond acceptors (Lipinski definition) is 3. The first-order valence-corrected chi connectivity index (χ1v) is 10.8. The van der Waals surface area contributed by atoms with Crippen LogP contribution >= 0.6 is 0 Å². The van der Waals surface area contributed by atoms with Crippen LogP contribution in [0, 0.1) is 5.92 Å². The molecule has 2 saturated carbocycles. The number of alkyl halides is 2. The summed E-state index contributed by atoms with van der Waals surface area (Å²) in [6, 6.07) is 5.40. The van der Waals surface area contributed by atoms with Crippen LogP contribution in [0.3, 0.4) is 0 Å². The third-order valence-electron chi connectivity index (χ3n) is 5.63. The van der Waals surface area contributed by atoms with Crippen molar-refractivity contribution in [1.29, 1.82) is 0 Å². The van der Waals surface area contributed by atoms with Gasteiger partial charge in [-0.05, 0) is 68.7 Å². The number of sulfone groups is 1. The molecule has 7 heteroatoms. The molecule has 1 aromatic rings.